The first-order valence-electron chi connectivity index (χ1n) is 7.49. The normalized spacial score (nSPS) is 22.5. The van der Waals surface area contributed by atoms with Crippen LogP contribution in [0.4, 0.5) is 8.78 Å². The van der Waals surface area contributed by atoms with Crippen LogP contribution < -0.4 is 5.32 Å². The first-order valence-corrected chi connectivity index (χ1v) is 7.49. The van der Waals surface area contributed by atoms with Crippen molar-refractivity contribution in [1.82, 2.24) is 10.2 Å². The number of piperidine rings is 1. The van der Waals surface area contributed by atoms with Crippen LogP contribution in [0, 0.1) is 5.92 Å². The second-order valence-corrected chi connectivity index (χ2v) is 6.18. The molecule has 0 unspecified atom stereocenters. The molecule has 0 aromatic heterocycles. The topological polar surface area (TPSA) is 32.3 Å². The summed E-state index contributed by atoms with van der Waals surface area (Å²) in [4.78, 5) is 14.1. The number of likely N-dealkylation sites (tertiary alicyclic amines) is 1. The van der Waals surface area contributed by atoms with Gasteiger partial charge in [-0.25, -0.2) is 8.78 Å². The lowest BCUT2D eigenvalue weighted by molar-refractivity contribution is 0.0965. The molecule has 1 aromatic carbocycles. The lowest BCUT2D eigenvalue weighted by Crippen LogP contribution is -2.33. The molecule has 2 aliphatic heterocycles. The molecule has 1 saturated heterocycles. The monoisotopic (exact) mass is 294 g/mol. The molecular formula is C16H20F2N2O. The molecule has 2 aliphatic rings. The van der Waals surface area contributed by atoms with Gasteiger partial charge in [-0.2, -0.15) is 0 Å². The quantitative estimate of drug-likeness (QED) is 0.929. The smallest absolute Gasteiger partial charge is 0.264 e. The van der Waals surface area contributed by atoms with Crippen molar-refractivity contribution in [3.63, 3.8) is 0 Å². The molecule has 1 aromatic rings. The van der Waals surface area contributed by atoms with Crippen molar-refractivity contribution in [1.29, 1.82) is 0 Å². The summed E-state index contributed by atoms with van der Waals surface area (Å²) >= 11 is 0. The average molecular weight is 294 g/mol. The molecule has 1 fully saturated rings. The summed E-state index contributed by atoms with van der Waals surface area (Å²) in [5.74, 6) is 0.409. The third-order valence-corrected chi connectivity index (χ3v) is 4.40. The molecule has 1 amide bonds. The van der Waals surface area contributed by atoms with Gasteiger partial charge in [-0.1, -0.05) is 6.92 Å². The zero-order valence-corrected chi connectivity index (χ0v) is 12.2. The second kappa shape index (κ2) is 5.72. The molecule has 1 atom stereocenters. The fraction of sp³-hybridized carbons (Fsp3) is 0.562. The van der Waals surface area contributed by atoms with E-state index in [-0.39, 0.29) is 18.0 Å². The number of amides is 1. The lowest BCUT2D eigenvalue weighted by atomic mass is 9.97. The summed E-state index contributed by atoms with van der Waals surface area (Å²) in [5.41, 5.74) is 1.71. The number of hydrogen-bond donors (Lipinski definition) is 1. The summed E-state index contributed by atoms with van der Waals surface area (Å²) < 4.78 is 26.4. The largest absolute Gasteiger partial charge is 0.348 e. The fourth-order valence-corrected chi connectivity index (χ4v) is 3.39. The summed E-state index contributed by atoms with van der Waals surface area (Å²) in [5, 5.41) is 2.63. The van der Waals surface area contributed by atoms with Crippen LogP contribution in [0.1, 0.15) is 53.2 Å². The van der Waals surface area contributed by atoms with Crippen LogP contribution in [0.15, 0.2) is 12.1 Å². The number of carbonyl (C=O) groups excluding carboxylic acids is 1. The molecule has 3 nitrogen and oxygen atoms in total. The first kappa shape index (κ1) is 14.4. The number of rotatable bonds is 3. The lowest BCUT2D eigenvalue weighted by Gasteiger charge is -2.31. The standard InChI is InChI=1S/C16H20F2N2O/c1-10-3-2-4-20(8-10)9-11-5-12(15(17)18)14-7-19-16(21)13(14)6-11/h5-6,10,15H,2-4,7-9H2,1H3,(H,19,21)/t10-/m1/s1. The third-order valence-electron chi connectivity index (χ3n) is 4.40. The van der Waals surface area contributed by atoms with Gasteiger partial charge in [0.25, 0.3) is 12.3 Å². The highest BCUT2D eigenvalue weighted by molar-refractivity contribution is 5.98. The molecule has 3 rings (SSSR count). The van der Waals surface area contributed by atoms with Crippen LogP contribution in [0.3, 0.4) is 0 Å². The van der Waals surface area contributed by atoms with E-state index in [4.69, 9.17) is 0 Å². The van der Waals surface area contributed by atoms with Crippen molar-refractivity contribution in [2.24, 2.45) is 5.92 Å². The molecule has 0 bridgehead atoms. The minimum absolute atomic E-state index is 0.00547. The van der Waals surface area contributed by atoms with Gasteiger partial charge in [0.1, 0.15) is 0 Å². The van der Waals surface area contributed by atoms with E-state index in [1.54, 1.807) is 12.1 Å². The van der Waals surface area contributed by atoms with Crippen molar-refractivity contribution < 1.29 is 13.6 Å². The van der Waals surface area contributed by atoms with Gasteiger partial charge in [0.05, 0.1) is 0 Å². The van der Waals surface area contributed by atoms with E-state index in [0.717, 1.165) is 25.1 Å². The molecular weight excluding hydrogens is 274 g/mol. The third kappa shape index (κ3) is 2.93. The Kier molecular flexibility index (Phi) is 3.93. The van der Waals surface area contributed by atoms with Gasteiger partial charge < -0.3 is 5.32 Å². The molecule has 0 saturated carbocycles. The van der Waals surface area contributed by atoms with Crippen LogP contribution in [-0.2, 0) is 13.1 Å². The number of halogens is 2. The minimum Gasteiger partial charge on any atom is -0.348 e. The van der Waals surface area contributed by atoms with E-state index in [0.29, 0.717) is 23.6 Å². The van der Waals surface area contributed by atoms with Crippen molar-refractivity contribution in [2.45, 2.75) is 39.3 Å². The van der Waals surface area contributed by atoms with E-state index in [1.165, 1.54) is 6.42 Å². The highest BCUT2D eigenvalue weighted by Gasteiger charge is 2.27. The Hall–Kier alpha value is -1.49. The van der Waals surface area contributed by atoms with Crippen molar-refractivity contribution >= 4 is 5.91 Å². The number of nitrogens with one attached hydrogen (secondary N) is 1. The van der Waals surface area contributed by atoms with Gasteiger partial charge in [0.2, 0.25) is 0 Å². The zero-order chi connectivity index (χ0) is 15.0. The van der Waals surface area contributed by atoms with Crippen molar-refractivity contribution in [3.8, 4) is 0 Å². The molecule has 1 N–H and O–H groups in total. The van der Waals surface area contributed by atoms with Gasteiger partial charge in [-0.05, 0) is 48.6 Å². The maximum absolute atomic E-state index is 13.2. The first-order chi connectivity index (χ1) is 10.0. The molecule has 5 heteroatoms. The maximum Gasteiger partial charge on any atom is 0.264 e. The Morgan fingerprint density at radius 2 is 2.24 bits per heavy atom. The van der Waals surface area contributed by atoms with E-state index in [9.17, 15) is 13.6 Å². The van der Waals surface area contributed by atoms with E-state index >= 15 is 0 Å². The molecule has 0 spiro atoms. The number of alkyl halides is 2. The Morgan fingerprint density at radius 1 is 1.43 bits per heavy atom. The Morgan fingerprint density at radius 3 is 2.95 bits per heavy atom. The number of fused-ring (bicyclic) bond motifs is 1. The number of nitrogens with zero attached hydrogens (tertiary/aromatic N) is 1. The van der Waals surface area contributed by atoms with E-state index in [2.05, 4.69) is 17.1 Å². The predicted octanol–water partition coefficient (Wildman–Crippen LogP) is 3.10. The van der Waals surface area contributed by atoms with E-state index < -0.39 is 6.43 Å². The number of hydrogen-bond acceptors (Lipinski definition) is 2. The van der Waals surface area contributed by atoms with Gasteiger partial charge in [-0.3, -0.25) is 9.69 Å². The fourth-order valence-electron chi connectivity index (χ4n) is 3.39. The van der Waals surface area contributed by atoms with Crippen molar-refractivity contribution in [2.75, 3.05) is 13.1 Å². The zero-order valence-electron chi connectivity index (χ0n) is 12.2. The van der Waals surface area contributed by atoms with Crippen LogP contribution in [0.2, 0.25) is 0 Å². The Balaban J connectivity index is 1.87. The predicted molar refractivity (Wildman–Crippen MR) is 76.2 cm³/mol. The molecule has 21 heavy (non-hydrogen) atoms. The summed E-state index contributed by atoms with van der Waals surface area (Å²) in [6, 6.07) is 3.35. The summed E-state index contributed by atoms with van der Waals surface area (Å²) in [6.07, 6.45) is -0.161. The van der Waals surface area contributed by atoms with Gasteiger partial charge >= 0.3 is 0 Å². The van der Waals surface area contributed by atoms with Crippen LogP contribution in [-0.4, -0.2) is 23.9 Å². The molecule has 2 heterocycles. The Bertz CT molecular complexity index is 559. The average Bonchev–Trinajstić information content (AvgIpc) is 2.80. The van der Waals surface area contributed by atoms with Gasteiger partial charge in [-0.15, -0.1) is 0 Å². The van der Waals surface area contributed by atoms with Crippen LogP contribution >= 0.6 is 0 Å². The van der Waals surface area contributed by atoms with Crippen molar-refractivity contribution in [3.05, 3.63) is 34.4 Å². The summed E-state index contributed by atoms with van der Waals surface area (Å²) in [6.45, 7) is 5.07. The molecule has 0 aliphatic carbocycles. The highest BCUT2D eigenvalue weighted by atomic mass is 19.3. The van der Waals surface area contributed by atoms with Gasteiger partial charge in [0, 0.05) is 30.8 Å². The minimum atomic E-state index is -2.54. The number of carbonyl (C=O) groups is 1. The molecule has 0 radical (unpaired) electrons. The van der Waals surface area contributed by atoms with Crippen LogP contribution in [0.5, 0.6) is 0 Å². The SMILES string of the molecule is C[C@@H]1CCCN(Cc2cc3c(c(C(F)F)c2)CNC3=O)C1. The maximum atomic E-state index is 13.2. The summed E-state index contributed by atoms with van der Waals surface area (Å²) in [7, 11) is 0. The Labute approximate surface area is 123 Å². The molecule has 114 valence electrons. The highest BCUT2D eigenvalue weighted by Crippen LogP contribution is 2.30. The second-order valence-electron chi connectivity index (χ2n) is 6.18. The van der Waals surface area contributed by atoms with Crippen LogP contribution in [0.25, 0.3) is 0 Å². The van der Waals surface area contributed by atoms with E-state index in [1.807, 2.05) is 0 Å². The van der Waals surface area contributed by atoms with Gasteiger partial charge in [0.15, 0.2) is 0 Å². The number of benzene rings is 1.